The molecule has 2 aromatic rings. The Balaban J connectivity index is 2.08. The Kier molecular flexibility index (Phi) is 5.11. The highest BCUT2D eigenvalue weighted by Crippen LogP contribution is 2.18. The number of nitrogens with zero attached hydrogens (tertiary/aromatic N) is 1. The van der Waals surface area contributed by atoms with Crippen LogP contribution in [0.4, 0.5) is 0 Å². The molecule has 0 radical (unpaired) electrons. The highest BCUT2D eigenvalue weighted by atomic mass is 16.5. The Morgan fingerprint density at radius 2 is 2.05 bits per heavy atom. The van der Waals surface area contributed by atoms with Crippen LogP contribution >= 0.6 is 0 Å². The van der Waals surface area contributed by atoms with E-state index in [0.29, 0.717) is 12.1 Å². The smallest absolute Gasteiger partial charge is 0.290 e. The van der Waals surface area contributed by atoms with E-state index in [9.17, 15) is 4.79 Å². The Morgan fingerprint density at radius 3 is 2.67 bits per heavy atom. The number of hydrogen-bond donors (Lipinski definition) is 2. The normalized spacial score (nSPS) is 12.4. The fourth-order valence-electron chi connectivity index (χ4n) is 2.08. The lowest BCUT2D eigenvalue weighted by Crippen LogP contribution is -2.39. The third-order valence-corrected chi connectivity index (χ3v) is 3.36. The van der Waals surface area contributed by atoms with Gasteiger partial charge in [-0.15, -0.1) is 0 Å². The Hall–Kier alpha value is -2.14. The number of aromatic nitrogens is 1. The minimum Gasteiger partial charge on any atom is -0.396 e. The second-order valence-corrected chi connectivity index (χ2v) is 5.28. The van der Waals surface area contributed by atoms with Crippen LogP contribution < -0.4 is 5.32 Å². The van der Waals surface area contributed by atoms with Crippen LogP contribution in [0.3, 0.4) is 0 Å². The first-order chi connectivity index (χ1) is 10.1. The zero-order chi connectivity index (χ0) is 15.2. The van der Waals surface area contributed by atoms with Crippen molar-refractivity contribution in [2.45, 2.75) is 26.3 Å². The topological polar surface area (TPSA) is 75.4 Å². The lowest BCUT2D eigenvalue weighted by Gasteiger charge is -2.20. The number of aliphatic hydroxyl groups is 1. The van der Waals surface area contributed by atoms with E-state index in [2.05, 4.69) is 10.5 Å². The van der Waals surface area contributed by atoms with Gasteiger partial charge in [0.15, 0.2) is 0 Å². The van der Waals surface area contributed by atoms with Gasteiger partial charge in [0.05, 0.1) is 0 Å². The predicted molar refractivity (Wildman–Crippen MR) is 79.7 cm³/mol. The van der Waals surface area contributed by atoms with Gasteiger partial charge in [0.1, 0.15) is 5.69 Å². The summed E-state index contributed by atoms with van der Waals surface area (Å²) >= 11 is 0. The molecule has 1 heterocycles. The van der Waals surface area contributed by atoms with Crippen molar-refractivity contribution in [3.63, 3.8) is 0 Å². The van der Waals surface area contributed by atoms with Gasteiger partial charge < -0.3 is 14.9 Å². The lowest BCUT2D eigenvalue weighted by molar-refractivity contribution is 0.0879. The number of rotatable bonds is 6. The van der Waals surface area contributed by atoms with E-state index in [1.807, 2.05) is 44.2 Å². The summed E-state index contributed by atoms with van der Waals surface area (Å²) in [5, 5.41) is 15.8. The molecule has 0 fully saturated rings. The number of benzene rings is 1. The molecule has 1 amide bonds. The standard InChI is InChI=1S/C16H20N2O3/c1-11(2)13(8-9-19)17-16(20)15-10-14(18-21-15)12-6-4-3-5-7-12/h3-7,10-11,13,19H,8-9H2,1-2H3,(H,17,20). The van der Waals surface area contributed by atoms with Crippen molar-refractivity contribution >= 4 is 5.91 Å². The van der Waals surface area contributed by atoms with Crippen LogP contribution in [0.15, 0.2) is 40.9 Å². The van der Waals surface area contributed by atoms with Crippen LogP contribution in [-0.4, -0.2) is 28.8 Å². The summed E-state index contributed by atoms with van der Waals surface area (Å²) in [6.07, 6.45) is 0.517. The molecule has 5 heteroatoms. The molecule has 0 aliphatic carbocycles. The number of amides is 1. The summed E-state index contributed by atoms with van der Waals surface area (Å²) in [7, 11) is 0. The largest absolute Gasteiger partial charge is 0.396 e. The van der Waals surface area contributed by atoms with Crippen LogP contribution in [0.2, 0.25) is 0 Å². The molecule has 0 bridgehead atoms. The molecule has 0 aliphatic heterocycles. The Bertz CT molecular complexity index is 578. The quantitative estimate of drug-likeness (QED) is 0.856. The molecule has 5 nitrogen and oxygen atoms in total. The van der Waals surface area contributed by atoms with E-state index in [4.69, 9.17) is 9.63 Å². The molecule has 112 valence electrons. The molecule has 1 aromatic carbocycles. The maximum atomic E-state index is 12.2. The third kappa shape index (κ3) is 3.92. The molecule has 0 saturated carbocycles. The molecule has 0 spiro atoms. The van der Waals surface area contributed by atoms with E-state index in [-0.39, 0.29) is 30.2 Å². The predicted octanol–water partition coefficient (Wildman–Crippen LogP) is 2.48. The summed E-state index contributed by atoms with van der Waals surface area (Å²) in [4.78, 5) is 12.2. The van der Waals surface area contributed by atoms with Crippen LogP contribution in [0.25, 0.3) is 11.3 Å². The van der Waals surface area contributed by atoms with Gasteiger partial charge in [0.25, 0.3) is 5.91 Å². The molecule has 2 rings (SSSR count). The first kappa shape index (κ1) is 15.3. The molecular weight excluding hydrogens is 268 g/mol. The summed E-state index contributed by atoms with van der Waals surface area (Å²) in [5.74, 6) is 0.104. The molecule has 21 heavy (non-hydrogen) atoms. The summed E-state index contributed by atoms with van der Waals surface area (Å²) in [6.45, 7) is 4.03. The average molecular weight is 288 g/mol. The van der Waals surface area contributed by atoms with E-state index in [0.717, 1.165) is 5.56 Å². The first-order valence-electron chi connectivity index (χ1n) is 7.05. The van der Waals surface area contributed by atoms with Gasteiger partial charge in [-0.05, 0) is 12.3 Å². The maximum Gasteiger partial charge on any atom is 0.290 e. The van der Waals surface area contributed by atoms with Crippen molar-refractivity contribution in [3.05, 3.63) is 42.2 Å². The minimum atomic E-state index is -0.308. The van der Waals surface area contributed by atoms with E-state index in [1.165, 1.54) is 0 Å². The number of hydrogen-bond acceptors (Lipinski definition) is 4. The van der Waals surface area contributed by atoms with Crippen LogP contribution in [-0.2, 0) is 0 Å². The van der Waals surface area contributed by atoms with Crippen LogP contribution in [0.1, 0.15) is 30.8 Å². The molecule has 2 N–H and O–H groups in total. The number of nitrogens with one attached hydrogen (secondary N) is 1. The molecule has 1 unspecified atom stereocenters. The van der Waals surface area contributed by atoms with Gasteiger partial charge in [-0.3, -0.25) is 4.79 Å². The summed E-state index contributed by atoms with van der Waals surface area (Å²) < 4.78 is 5.12. The van der Waals surface area contributed by atoms with E-state index in [1.54, 1.807) is 6.07 Å². The fourth-order valence-corrected chi connectivity index (χ4v) is 2.08. The first-order valence-corrected chi connectivity index (χ1v) is 7.05. The fraction of sp³-hybridized carbons (Fsp3) is 0.375. The number of carbonyl (C=O) groups is 1. The van der Waals surface area contributed by atoms with Crippen molar-refractivity contribution in [3.8, 4) is 11.3 Å². The Labute approximate surface area is 124 Å². The summed E-state index contributed by atoms with van der Waals surface area (Å²) in [6, 6.07) is 11.1. The molecule has 0 saturated heterocycles. The van der Waals surface area contributed by atoms with Crippen LogP contribution in [0.5, 0.6) is 0 Å². The third-order valence-electron chi connectivity index (χ3n) is 3.36. The van der Waals surface area contributed by atoms with Crippen molar-refractivity contribution in [1.29, 1.82) is 0 Å². The van der Waals surface area contributed by atoms with E-state index >= 15 is 0 Å². The van der Waals surface area contributed by atoms with Gasteiger partial charge in [0.2, 0.25) is 5.76 Å². The monoisotopic (exact) mass is 288 g/mol. The van der Waals surface area contributed by atoms with Crippen molar-refractivity contribution in [2.75, 3.05) is 6.61 Å². The molecular formula is C16H20N2O3. The van der Waals surface area contributed by atoms with E-state index < -0.39 is 0 Å². The zero-order valence-corrected chi connectivity index (χ0v) is 12.2. The van der Waals surface area contributed by atoms with Crippen LogP contribution in [0, 0.1) is 5.92 Å². The molecule has 0 aliphatic rings. The Morgan fingerprint density at radius 1 is 1.33 bits per heavy atom. The van der Waals surface area contributed by atoms with Crippen molar-refractivity contribution in [1.82, 2.24) is 10.5 Å². The number of carbonyl (C=O) groups excluding carboxylic acids is 1. The lowest BCUT2D eigenvalue weighted by atomic mass is 10.0. The van der Waals surface area contributed by atoms with Crippen molar-refractivity contribution in [2.24, 2.45) is 5.92 Å². The summed E-state index contributed by atoms with van der Waals surface area (Å²) in [5.41, 5.74) is 1.53. The second-order valence-electron chi connectivity index (χ2n) is 5.28. The van der Waals surface area contributed by atoms with Gasteiger partial charge in [-0.1, -0.05) is 49.3 Å². The van der Waals surface area contributed by atoms with Gasteiger partial charge in [-0.25, -0.2) is 0 Å². The van der Waals surface area contributed by atoms with Crippen molar-refractivity contribution < 1.29 is 14.4 Å². The second kappa shape index (κ2) is 7.04. The van der Waals surface area contributed by atoms with Gasteiger partial charge >= 0.3 is 0 Å². The SMILES string of the molecule is CC(C)C(CCO)NC(=O)c1cc(-c2ccccc2)no1. The van der Waals surface area contributed by atoms with Gasteiger partial charge in [-0.2, -0.15) is 0 Å². The minimum absolute atomic E-state index is 0.0365. The average Bonchev–Trinajstić information content (AvgIpc) is 2.97. The zero-order valence-electron chi connectivity index (χ0n) is 12.2. The highest BCUT2D eigenvalue weighted by Gasteiger charge is 2.20. The maximum absolute atomic E-state index is 12.2. The van der Waals surface area contributed by atoms with Gasteiger partial charge in [0, 0.05) is 24.3 Å². The molecule has 1 atom stereocenters. The molecule has 1 aromatic heterocycles. The number of aliphatic hydroxyl groups excluding tert-OH is 1. The highest BCUT2D eigenvalue weighted by molar-refractivity contribution is 5.92.